The van der Waals surface area contributed by atoms with Crippen molar-refractivity contribution in [3.8, 4) is 5.75 Å². The number of aliphatic hydroxyl groups is 1. The second-order valence-corrected chi connectivity index (χ2v) is 5.98. The number of halogens is 1. The predicted octanol–water partition coefficient (Wildman–Crippen LogP) is 1.27. The van der Waals surface area contributed by atoms with E-state index in [2.05, 4.69) is 27.9 Å². The number of rotatable bonds is 8. The van der Waals surface area contributed by atoms with Gasteiger partial charge in [0, 0.05) is 22.6 Å². The van der Waals surface area contributed by atoms with Crippen LogP contribution in [0.25, 0.3) is 0 Å². The molecule has 0 aliphatic carbocycles. The van der Waals surface area contributed by atoms with E-state index in [9.17, 15) is 9.90 Å². The van der Waals surface area contributed by atoms with E-state index in [-0.39, 0.29) is 25.1 Å². The van der Waals surface area contributed by atoms with E-state index in [4.69, 9.17) is 10.5 Å². The highest BCUT2D eigenvalue weighted by Crippen LogP contribution is 2.13. The third kappa shape index (κ3) is 7.66. The van der Waals surface area contributed by atoms with Crippen LogP contribution >= 0.6 is 22.6 Å². The van der Waals surface area contributed by atoms with Gasteiger partial charge in [-0.25, -0.2) is 0 Å². The Morgan fingerprint density at radius 2 is 2.10 bits per heavy atom. The number of amides is 1. The molecule has 0 heterocycles. The normalized spacial score (nSPS) is 13.6. The molecule has 0 radical (unpaired) electrons. The first-order valence-electron chi connectivity index (χ1n) is 6.56. The number of aliphatic hydroxyl groups excluding tert-OH is 1. The van der Waals surface area contributed by atoms with Crippen molar-refractivity contribution in [3.63, 3.8) is 0 Å². The number of nitrogens with two attached hydrogens (primary N) is 1. The second kappa shape index (κ2) is 9.15. The van der Waals surface area contributed by atoms with Crippen LogP contribution in [0.1, 0.15) is 19.8 Å². The number of hydrogen-bond acceptors (Lipinski definition) is 4. The van der Waals surface area contributed by atoms with Crippen molar-refractivity contribution in [2.24, 2.45) is 5.73 Å². The Kier molecular flexibility index (Phi) is 7.86. The molecule has 0 aliphatic heterocycles. The number of nitrogens with one attached hydrogen (secondary N) is 1. The van der Waals surface area contributed by atoms with Gasteiger partial charge in [-0.1, -0.05) is 0 Å². The maximum atomic E-state index is 11.4. The summed E-state index contributed by atoms with van der Waals surface area (Å²) >= 11 is 2.21. The minimum atomic E-state index is -0.728. The summed E-state index contributed by atoms with van der Waals surface area (Å²) in [4.78, 5) is 11.4. The van der Waals surface area contributed by atoms with Crippen LogP contribution in [0.15, 0.2) is 24.3 Å². The Bertz CT molecular complexity index is 409. The lowest BCUT2D eigenvalue weighted by Gasteiger charge is -2.13. The number of carbonyl (C=O) groups is 1. The third-order valence-corrected chi connectivity index (χ3v) is 3.34. The molecule has 4 N–H and O–H groups in total. The fourth-order valence-corrected chi connectivity index (χ4v) is 1.82. The summed E-state index contributed by atoms with van der Waals surface area (Å²) in [5.41, 5.74) is 5.57. The van der Waals surface area contributed by atoms with E-state index >= 15 is 0 Å². The van der Waals surface area contributed by atoms with Gasteiger partial charge in [-0.2, -0.15) is 0 Å². The standard InChI is InChI=1S/C14H21IN2O3/c1-10(16)2-7-14(19)17-8-12(18)9-20-13-5-3-11(15)4-6-13/h3-6,10,12,18H,2,7-9,16H2,1H3,(H,17,19). The van der Waals surface area contributed by atoms with Crippen LogP contribution in [-0.4, -0.2) is 36.3 Å². The molecule has 112 valence electrons. The van der Waals surface area contributed by atoms with Gasteiger partial charge >= 0.3 is 0 Å². The van der Waals surface area contributed by atoms with Crippen LogP contribution in [0.3, 0.4) is 0 Å². The Morgan fingerprint density at radius 1 is 1.45 bits per heavy atom. The second-order valence-electron chi connectivity index (χ2n) is 4.74. The highest BCUT2D eigenvalue weighted by molar-refractivity contribution is 14.1. The molecule has 0 spiro atoms. The van der Waals surface area contributed by atoms with E-state index in [1.807, 2.05) is 31.2 Å². The van der Waals surface area contributed by atoms with Crippen molar-refractivity contribution in [2.45, 2.75) is 31.9 Å². The van der Waals surface area contributed by atoms with Gasteiger partial charge in [0.05, 0.1) is 0 Å². The van der Waals surface area contributed by atoms with Crippen LogP contribution in [0.4, 0.5) is 0 Å². The maximum absolute atomic E-state index is 11.4. The quantitative estimate of drug-likeness (QED) is 0.582. The van der Waals surface area contributed by atoms with Gasteiger partial charge < -0.3 is 20.9 Å². The first-order valence-corrected chi connectivity index (χ1v) is 7.64. The third-order valence-electron chi connectivity index (χ3n) is 2.62. The average molecular weight is 392 g/mol. The molecule has 0 saturated carbocycles. The molecule has 0 aromatic heterocycles. The van der Waals surface area contributed by atoms with E-state index in [0.717, 1.165) is 3.57 Å². The molecule has 2 atom stereocenters. The largest absolute Gasteiger partial charge is 0.491 e. The van der Waals surface area contributed by atoms with Crippen LogP contribution in [0.5, 0.6) is 5.75 Å². The van der Waals surface area contributed by atoms with Crippen LogP contribution in [0.2, 0.25) is 0 Å². The average Bonchev–Trinajstić information content (AvgIpc) is 2.42. The van der Waals surface area contributed by atoms with Gasteiger partial charge in [-0.15, -0.1) is 0 Å². The predicted molar refractivity (Wildman–Crippen MR) is 86.6 cm³/mol. The molecule has 1 aromatic carbocycles. The molecule has 0 fully saturated rings. The molecule has 2 unspecified atom stereocenters. The molecular weight excluding hydrogens is 371 g/mol. The molecule has 5 nitrogen and oxygen atoms in total. The summed E-state index contributed by atoms with van der Waals surface area (Å²) in [6, 6.07) is 7.55. The minimum absolute atomic E-state index is 0.00915. The summed E-state index contributed by atoms with van der Waals surface area (Å²) in [6.07, 6.45) is 0.289. The number of ether oxygens (including phenoxy) is 1. The smallest absolute Gasteiger partial charge is 0.220 e. The molecule has 1 rings (SSSR count). The van der Waals surface area contributed by atoms with Crippen molar-refractivity contribution in [1.82, 2.24) is 5.32 Å². The molecule has 6 heteroatoms. The molecule has 0 bridgehead atoms. The van der Waals surface area contributed by atoms with E-state index in [1.165, 1.54) is 0 Å². The Hall–Kier alpha value is -0.860. The molecule has 1 aromatic rings. The minimum Gasteiger partial charge on any atom is -0.491 e. The maximum Gasteiger partial charge on any atom is 0.220 e. The van der Waals surface area contributed by atoms with Crippen molar-refractivity contribution < 1.29 is 14.6 Å². The highest BCUT2D eigenvalue weighted by atomic mass is 127. The van der Waals surface area contributed by atoms with E-state index < -0.39 is 6.10 Å². The zero-order valence-corrected chi connectivity index (χ0v) is 13.7. The van der Waals surface area contributed by atoms with Gasteiger partial charge in [-0.3, -0.25) is 4.79 Å². The summed E-state index contributed by atoms with van der Waals surface area (Å²) < 4.78 is 6.55. The molecule has 0 saturated heterocycles. The van der Waals surface area contributed by atoms with Gasteiger partial charge in [-0.05, 0) is 60.2 Å². The van der Waals surface area contributed by atoms with Crippen LogP contribution < -0.4 is 15.8 Å². The number of carbonyl (C=O) groups excluding carboxylic acids is 1. The monoisotopic (exact) mass is 392 g/mol. The first-order chi connectivity index (χ1) is 9.47. The van der Waals surface area contributed by atoms with Crippen molar-refractivity contribution >= 4 is 28.5 Å². The number of benzene rings is 1. The van der Waals surface area contributed by atoms with Crippen molar-refractivity contribution in [3.05, 3.63) is 27.8 Å². The summed E-state index contributed by atoms with van der Waals surface area (Å²) in [7, 11) is 0. The summed E-state index contributed by atoms with van der Waals surface area (Å²) in [5, 5.41) is 12.4. The fourth-order valence-electron chi connectivity index (χ4n) is 1.46. The zero-order valence-electron chi connectivity index (χ0n) is 11.5. The molecular formula is C14H21IN2O3. The van der Waals surface area contributed by atoms with Gasteiger partial charge in [0.25, 0.3) is 0 Å². The van der Waals surface area contributed by atoms with Gasteiger partial charge in [0.15, 0.2) is 0 Å². The molecule has 1 amide bonds. The molecule has 0 aliphatic rings. The van der Waals surface area contributed by atoms with Crippen molar-refractivity contribution in [1.29, 1.82) is 0 Å². The highest BCUT2D eigenvalue weighted by Gasteiger charge is 2.08. The first kappa shape index (κ1) is 17.2. The topological polar surface area (TPSA) is 84.6 Å². The lowest BCUT2D eigenvalue weighted by Crippen LogP contribution is -2.35. The Labute approximate surface area is 133 Å². The van der Waals surface area contributed by atoms with Crippen LogP contribution in [-0.2, 0) is 4.79 Å². The van der Waals surface area contributed by atoms with E-state index in [0.29, 0.717) is 18.6 Å². The SMILES string of the molecule is CC(N)CCC(=O)NCC(O)COc1ccc(I)cc1. The van der Waals surface area contributed by atoms with Gasteiger partial charge in [0.2, 0.25) is 5.91 Å². The van der Waals surface area contributed by atoms with Crippen molar-refractivity contribution in [2.75, 3.05) is 13.2 Å². The lowest BCUT2D eigenvalue weighted by atomic mass is 10.2. The Balaban J connectivity index is 2.18. The lowest BCUT2D eigenvalue weighted by molar-refractivity contribution is -0.121. The Morgan fingerprint density at radius 3 is 2.70 bits per heavy atom. The van der Waals surface area contributed by atoms with Gasteiger partial charge in [0.1, 0.15) is 18.5 Å². The zero-order chi connectivity index (χ0) is 15.0. The summed E-state index contributed by atoms with van der Waals surface area (Å²) in [5.74, 6) is 0.600. The summed E-state index contributed by atoms with van der Waals surface area (Å²) in [6.45, 7) is 2.19. The molecule has 20 heavy (non-hydrogen) atoms. The fraction of sp³-hybridized carbons (Fsp3) is 0.500. The van der Waals surface area contributed by atoms with E-state index in [1.54, 1.807) is 0 Å². The van der Waals surface area contributed by atoms with Crippen LogP contribution in [0, 0.1) is 3.57 Å². The number of hydrogen-bond donors (Lipinski definition) is 3.